The molecule has 0 spiro atoms. The molecule has 2 aliphatic rings. The maximum atomic E-state index is 4.39. The SMILES string of the molecule is c1ccc(C2=NN=C(c3ccc(C4=NN=C(c5ccccc5)C4)cc3)C2)cc1. The molecule has 134 valence electrons. The largest absolute Gasteiger partial charge is 0.154 e. The maximum Gasteiger partial charge on any atom is 0.0763 e. The molecule has 0 aliphatic carbocycles. The topological polar surface area (TPSA) is 49.4 Å². The second kappa shape index (κ2) is 7.16. The zero-order chi connectivity index (χ0) is 18.8. The van der Waals surface area contributed by atoms with Gasteiger partial charge in [-0.15, -0.1) is 0 Å². The minimum absolute atomic E-state index is 0.756. The van der Waals surface area contributed by atoms with Gasteiger partial charge in [-0.05, 0) is 22.3 Å². The Bertz CT molecular complexity index is 1030. The van der Waals surface area contributed by atoms with Gasteiger partial charge in [0.05, 0.1) is 22.8 Å². The number of benzene rings is 3. The summed E-state index contributed by atoms with van der Waals surface area (Å²) in [5.41, 5.74) is 8.48. The lowest BCUT2D eigenvalue weighted by Crippen LogP contribution is -2.07. The lowest BCUT2D eigenvalue weighted by Gasteiger charge is -2.05. The Balaban J connectivity index is 1.27. The first-order valence-electron chi connectivity index (χ1n) is 9.35. The second-order valence-corrected chi connectivity index (χ2v) is 6.85. The van der Waals surface area contributed by atoms with Crippen LogP contribution in [0.4, 0.5) is 0 Å². The summed E-state index contributed by atoms with van der Waals surface area (Å²) in [5.74, 6) is 0. The third-order valence-corrected chi connectivity index (χ3v) is 5.02. The van der Waals surface area contributed by atoms with Gasteiger partial charge in [0.1, 0.15) is 0 Å². The van der Waals surface area contributed by atoms with Gasteiger partial charge in [-0.3, -0.25) is 0 Å². The first-order valence-corrected chi connectivity index (χ1v) is 9.35. The summed E-state index contributed by atoms with van der Waals surface area (Å²) >= 11 is 0. The molecule has 0 radical (unpaired) electrons. The second-order valence-electron chi connectivity index (χ2n) is 6.85. The van der Waals surface area contributed by atoms with Crippen molar-refractivity contribution in [2.75, 3.05) is 0 Å². The molecule has 3 aromatic rings. The van der Waals surface area contributed by atoms with Crippen LogP contribution in [0.1, 0.15) is 35.1 Å². The molecule has 3 aromatic carbocycles. The molecular weight excluding hydrogens is 344 g/mol. The van der Waals surface area contributed by atoms with Crippen LogP contribution in [0, 0.1) is 0 Å². The quantitative estimate of drug-likeness (QED) is 0.635. The molecule has 2 aliphatic heterocycles. The number of hydrogen-bond donors (Lipinski definition) is 0. The van der Waals surface area contributed by atoms with Crippen LogP contribution in [-0.4, -0.2) is 22.8 Å². The fourth-order valence-electron chi connectivity index (χ4n) is 3.46. The Morgan fingerprint density at radius 2 is 0.643 bits per heavy atom. The fourth-order valence-corrected chi connectivity index (χ4v) is 3.46. The highest BCUT2D eigenvalue weighted by Gasteiger charge is 2.18. The van der Waals surface area contributed by atoms with E-state index < -0.39 is 0 Å². The predicted octanol–water partition coefficient (Wildman–Crippen LogP) is 4.88. The zero-order valence-electron chi connectivity index (χ0n) is 15.3. The zero-order valence-corrected chi connectivity index (χ0v) is 15.3. The normalized spacial score (nSPS) is 15.7. The highest BCUT2D eigenvalue weighted by Crippen LogP contribution is 2.20. The van der Waals surface area contributed by atoms with Crippen LogP contribution in [0.25, 0.3) is 0 Å². The Hall–Kier alpha value is -3.66. The molecular formula is C24H18N4. The molecule has 0 aromatic heterocycles. The Labute approximate surface area is 163 Å². The standard InChI is InChI=1S/C24H18N4/c1-3-7-17(8-4-1)21-15-23(27-25-21)19-11-13-20(14-12-19)24-16-22(26-28-24)18-9-5-2-6-10-18/h1-14H,15-16H2. The average molecular weight is 362 g/mol. The van der Waals surface area contributed by atoms with Gasteiger partial charge in [-0.1, -0.05) is 84.9 Å². The van der Waals surface area contributed by atoms with Crippen LogP contribution in [0.3, 0.4) is 0 Å². The summed E-state index contributed by atoms with van der Waals surface area (Å²) in [6.45, 7) is 0. The smallest absolute Gasteiger partial charge is 0.0763 e. The molecule has 5 rings (SSSR count). The first kappa shape index (κ1) is 16.5. The van der Waals surface area contributed by atoms with E-state index >= 15 is 0 Å². The Morgan fingerprint density at radius 3 is 0.964 bits per heavy atom. The van der Waals surface area contributed by atoms with Crippen LogP contribution in [0.2, 0.25) is 0 Å². The minimum atomic E-state index is 0.756. The van der Waals surface area contributed by atoms with Gasteiger partial charge < -0.3 is 0 Å². The predicted molar refractivity (Wildman–Crippen MR) is 115 cm³/mol. The van der Waals surface area contributed by atoms with Crippen molar-refractivity contribution in [3.8, 4) is 0 Å². The van der Waals surface area contributed by atoms with Crippen molar-refractivity contribution in [3.05, 3.63) is 107 Å². The van der Waals surface area contributed by atoms with Gasteiger partial charge >= 0.3 is 0 Å². The third-order valence-electron chi connectivity index (χ3n) is 5.02. The van der Waals surface area contributed by atoms with Gasteiger partial charge in [-0.2, -0.15) is 20.4 Å². The van der Waals surface area contributed by atoms with Gasteiger partial charge in [-0.25, -0.2) is 0 Å². The Morgan fingerprint density at radius 1 is 0.357 bits per heavy atom. The summed E-state index contributed by atoms with van der Waals surface area (Å²) in [5, 5.41) is 17.5. The van der Waals surface area contributed by atoms with Crippen LogP contribution in [0.15, 0.2) is 105 Å². The number of nitrogens with zero attached hydrogens (tertiary/aromatic N) is 4. The monoisotopic (exact) mass is 362 g/mol. The van der Waals surface area contributed by atoms with Crippen molar-refractivity contribution in [2.45, 2.75) is 12.8 Å². The van der Waals surface area contributed by atoms with Crippen LogP contribution >= 0.6 is 0 Å². The maximum absolute atomic E-state index is 4.39. The van der Waals surface area contributed by atoms with E-state index in [1.165, 1.54) is 0 Å². The third kappa shape index (κ3) is 3.21. The van der Waals surface area contributed by atoms with Crippen molar-refractivity contribution in [2.24, 2.45) is 20.4 Å². The summed E-state index contributed by atoms with van der Waals surface area (Å²) in [4.78, 5) is 0. The van der Waals surface area contributed by atoms with Crippen molar-refractivity contribution >= 4 is 22.8 Å². The van der Waals surface area contributed by atoms with E-state index in [4.69, 9.17) is 0 Å². The summed E-state index contributed by atoms with van der Waals surface area (Å²) in [7, 11) is 0. The van der Waals surface area contributed by atoms with Crippen molar-refractivity contribution < 1.29 is 0 Å². The molecule has 0 atom stereocenters. The molecule has 28 heavy (non-hydrogen) atoms. The summed E-state index contributed by atoms with van der Waals surface area (Å²) in [6, 6.07) is 28.8. The van der Waals surface area contributed by atoms with E-state index in [1.54, 1.807) is 0 Å². The van der Waals surface area contributed by atoms with E-state index in [0.29, 0.717) is 0 Å². The molecule has 0 bridgehead atoms. The minimum Gasteiger partial charge on any atom is -0.154 e. The highest BCUT2D eigenvalue weighted by atomic mass is 15.2. The number of hydrogen-bond acceptors (Lipinski definition) is 4. The molecule has 4 nitrogen and oxygen atoms in total. The molecule has 0 N–H and O–H groups in total. The molecule has 0 fully saturated rings. The van der Waals surface area contributed by atoms with Gasteiger partial charge in [0.2, 0.25) is 0 Å². The van der Waals surface area contributed by atoms with Crippen LogP contribution < -0.4 is 0 Å². The van der Waals surface area contributed by atoms with Crippen molar-refractivity contribution in [1.29, 1.82) is 0 Å². The molecule has 0 amide bonds. The van der Waals surface area contributed by atoms with E-state index in [0.717, 1.165) is 57.9 Å². The van der Waals surface area contributed by atoms with Gasteiger partial charge in [0, 0.05) is 12.8 Å². The Kier molecular flexibility index (Phi) is 4.22. The van der Waals surface area contributed by atoms with Gasteiger partial charge in [0.25, 0.3) is 0 Å². The van der Waals surface area contributed by atoms with E-state index in [2.05, 4.69) is 68.9 Å². The van der Waals surface area contributed by atoms with Crippen LogP contribution in [-0.2, 0) is 0 Å². The number of rotatable bonds is 4. The lowest BCUT2D eigenvalue weighted by molar-refractivity contribution is 1.26. The molecule has 0 saturated carbocycles. The van der Waals surface area contributed by atoms with E-state index in [-0.39, 0.29) is 0 Å². The lowest BCUT2D eigenvalue weighted by atomic mass is 9.97. The summed E-state index contributed by atoms with van der Waals surface area (Å²) in [6.07, 6.45) is 1.51. The van der Waals surface area contributed by atoms with Crippen molar-refractivity contribution in [3.63, 3.8) is 0 Å². The van der Waals surface area contributed by atoms with Crippen molar-refractivity contribution in [1.82, 2.24) is 0 Å². The molecule has 0 saturated heterocycles. The van der Waals surface area contributed by atoms with E-state index in [1.807, 2.05) is 36.4 Å². The highest BCUT2D eigenvalue weighted by molar-refractivity contribution is 6.22. The fraction of sp³-hybridized carbons (Fsp3) is 0.0833. The molecule has 4 heteroatoms. The first-order chi connectivity index (χ1) is 13.9. The van der Waals surface area contributed by atoms with E-state index in [9.17, 15) is 0 Å². The summed E-state index contributed by atoms with van der Waals surface area (Å²) < 4.78 is 0. The molecule has 0 unspecified atom stereocenters. The van der Waals surface area contributed by atoms with Crippen LogP contribution in [0.5, 0.6) is 0 Å². The van der Waals surface area contributed by atoms with Gasteiger partial charge in [0.15, 0.2) is 0 Å². The average Bonchev–Trinajstić information content (AvgIpc) is 3.46. The molecule has 2 heterocycles.